The van der Waals surface area contributed by atoms with E-state index in [1.54, 1.807) is 0 Å². The Morgan fingerprint density at radius 3 is 2.48 bits per heavy atom. The Labute approximate surface area is 144 Å². The molecule has 1 N–H and O–H groups in total. The Hall–Kier alpha value is -0.550. The number of fused-ring (bicyclic) bond motifs is 2. The summed E-state index contributed by atoms with van der Waals surface area (Å²) >= 11 is 2.25. The fraction of sp³-hybridized carbons (Fsp3) is 0.684. The number of morpholine rings is 1. The normalized spacial score (nSPS) is 32.8. The van der Waals surface area contributed by atoms with E-state index in [9.17, 15) is 0 Å². The highest BCUT2D eigenvalue weighted by atomic mass is 32.2. The Morgan fingerprint density at radius 2 is 1.78 bits per heavy atom. The molecule has 23 heavy (non-hydrogen) atoms. The van der Waals surface area contributed by atoms with Gasteiger partial charge in [-0.1, -0.05) is 30.3 Å². The Kier molecular flexibility index (Phi) is 5.24. The van der Waals surface area contributed by atoms with E-state index >= 15 is 0 Å². The third kappa shape index (κ3) is 3.93. The molecule has 0 aliphatic carbocycles. The van der Waals surface area contributed by atoms with Crippen LogP contribution in [0.2, 0.25) is 0 Å². The van der Waals surface area contributed by atoms with Crippen LogP contribution in [0.15, 0.2) is 30.3 Å². The lowest BCUT2D eigenvalue weighted by Gasteiger charge is -2.37. The van der Waals surface area contributed by atoms with Crippen molar-refractivity contribution in [3.8, 4) is 0 Å². The fourth-order valence-electron chi connectivity index (χ4n) is 4.32. The molecule has 0 radical (unpaired) electrons. The summed E-state index contributed by atoms with van der Waals surface area (Å²) in [4.78, 5) is 2.60. The summed E-state index contributed by atoms with van der Waals surface area (Å²) in [5.41, 5.74) is 1.44. The number of hydrogen-bond acceptors (Lipinski definition) is 4. The van der Waals surface area contributed by atoms with E-state index < -0.39 is 0 Å². The molecule has 1 aromatic rings. The molecule has 2 bridgehead atoms. The monoisotopic (exact) mass is 332 g/mol. The summed E-state index contributed by atoms with van der Waals surface area (Å²) in [6.07, 6.45) is 5.62. The van der Waals surface area contributed by atoms with Crippen molar-refractivity contribution in [2.24, 2.45) is 0 Å². The van der Waals surface area contributed by atoms with Crippen LogP contribution in [0.1, 0.15) is 37.3 Å². The number of benzene rings is 1. The van der Waals surface area contributed by atoms with Crippen molar-refractivity contribution in [1.29, 1.82) is 0 Å². The Morgan fingerprint density at radius 1 is 1.09 bits per heavy atom. The van der Waals surface area contributed by atoms with Gasteiger partial charge in [0.15, 0.2) is 0 Å². The lowest BCUT2D eigenvalue weighted by Crippen LogP contribution is -2.45. The van der Waals surface area contributed by atoms with Crippen molar-refractivity contribution in [3.05, 3.63) is 35.9 Å². The van der Waals surface area contributed by atoms with E-state index in [0.717, 1.165) is 49.4 Å². The maximum Gasteiger partial charge on any atom is 0.0594 e. The summed E-state index contributed by atoms with van der Waals surface area (Å²) in [6.45, 7) is 4.90. The molecular formula is C19H28N2OS. The molecule has 3 fully saturated rings. The Balaban J connectivity index is 1.41. The smallest absolute Gasteiger partial charge is 0.0594 e. The number of nitrogens with zero attached hydrogens (tertiary/aromatic N) is 1. The predicted octanol–water partition coefficient (Wildman–Crippen LogP) is 3.08. The largest absolute Gasteiger partial charge is 0.379 e. The van der Waals surface area contributed by atoms with Gasteiger partial charge in [-0.05, 0) is 31.2 Å². The highest BCUT2D eigenvalue weighted by Crippen LogP contribution is 2.43. The molecule has 126 valence electrons. The third-order valence-electron chi connectivity index (χ3n) is 5.56. The van der Waals surface area contributed by atoms with E-state index in [0.29, 0.717) is 6.04 Å². The average molecular weight is 333 g/mol. The summed E-state index contributed by atoms with van der Waals surface area (Å²) in [5, 5.41) is 5.76. The van der Waals surface area contributed by atoms with Crippen molar-refractivity contribution < 1.29 is 4.74 Å². The molecule has 0 spiro atoms. The zero-order chi connectivity index (χ0) is 15.5. The first kappa shape index (κ1) is 15.9. The van der Waals surface area contributed by atoms with Gasteiger partial charge in [0.05, 0.1) is 13.2 Å². The van der Waals surface area contributed by atoms with Gasteiger partial charge in [0.1, 0.15) is 0 Å². The number of thioether (sulfide) groups is 1. The minimum absolute atomic E-state index is 0.479. The van der Waals surface area contributed by atoms with Crippen LogP contribution in [0.4, 0.5) is 0 Å². The molecule has 3 aliphatic rings. The van der Waals surface area contributed by atoms with Crippen LogP contribution in [0.25, 0.3) is 0 Å². The van der Waals surface area contributed by atoms with Crippen LogP contribution in [0.3, 0.4) is 0 Å². The first-order valence-electron chi connectivity index (χ1n) is 9.14. The molecule has 1 aromatic carbocycles. The molecule has 3 nitrogen and oxygen atoms in total. The minimum Gasteiger partial charge on any atom is -0.379 e. The van der Waals surface area contributed by atoms with Crippen LogP contribution in [-0.4, -0.2) is 54.3 Å². The first-order valence-corrected chi connectivity index (χ1v) is 10.1. The van der Waals surface area contributed by atoms with Crippen LogP contribution >= 0.6 is 11.8 Å². The lowest BCUT2D eigenvalue weighted by molar-refractivity contribution is 0.0155. The summed E-state index contributed by atoms with van der Waals surface area (Å²) < 4.78 is 5.55. The molecular weight excluding hydrogens is 304 g/mol. The molecule has 0 saturated carbocycles. The molecule has 3 saturated heterocycles. The standard InChI is InChI=1S/C19H28N2OS/c1-2-4-15(5-3-1)19(21-8-10-22-11-9-21)14-20-16-12-17-6-7-18(13-16)23-17/h1-5,16-20H,6-14H2. The van der Waals surface area contributed by atoms with E-state index in [1.807, 2.05) is 0 Å². The van der Waals surface area contributed by atoms with Gasteiger partial charge in [-0.3, -0.25) is 4.90 Å². The van der Waals surface area contributed by atoms with Crippen molar-refractivity contribution in [2.75, 3.05) is 32.8 Å². The van der Waals surface area contributed by atoms with Gasteiger partial charge in [0, 0.05) is 42.2 Å². The van der Waals surface area contributed by atoms with Gasteiger partial charge >= 0.3 is 0 Å². The second kappa shape index (κ2) is 7.56. The van der Waals surface area contributed by atoms with Crippen molar-refractivity contribution in [3.63, 3.8) is 0 Å². The van der Waals surface area contributed by atoms with Crippen LogP contribution in [-0.2, 0) is 4.74 Å². The minimum atomic E-state index is 0.479. The number of rotatable bonds is 5. The van der Waals surface area contributed by atoms with Crippen molar-refractivity contribution in [2.45, 2.75) is 48.3 Å². The van der Waals surface area contributed by atoms with Crippen LogP contribution in [0, 0.1) is 0 Å². The molecule has 4 rings (SSSR count). The van der Waals surface area contributed by atoms with Gasteiger partial charge in [-0.25, -0.2) is 0 Å². The molecule has 3 heterocycles. The highest BCUT2D eigenvalue weighted by Gasteiger charge is 2.35. The van der Waals surface area contributed by atoms with E-state index in [-0.39, 0.29) is 0 Å². The second-order valence-electron chi connectivity index (χ2n) is 7.11. The molecule has 0 aromatic heterocycles. The zero-order valence-electron chi connectivity index (χ0n) is 13.8. The average Bonchev–Trinajstić information content (AvgIpc) is 2.95. The maximum absolute atomic E-state index is 5.55. The second-order valence-corrected chi connectivity index (χ2v) is 8.71. The zero-order valence-corrected chi connectivity index (χ0v) is 14.6. The predicted molar refractivity (Wildman–Crippen MR) is 97.0 cm³/mol. The van der Waals surface area contributed by atoms with Crippen LogP contribution < -0.4 is 5.32 Å². The SMILES string of the molecule is c1ccc(C(CNC2CC3CCC(C2)S3)N2CCOCC2)cc1. The van der Waals surface area contributed by atoms with E-state index in [2.05, 4.69) is 52.3 Å². The lowest BCUT2D eigenvalue weighted by atomic mass is 10.0. The van der Waals surface area contributed by atoms with Gasteiger partial charge < -0.3 is 10.1 Å². The van der Waals surface area contributed by atoms with Gasteiger partial charge in [0.25, 0.3) is 0 Å². The summed E-state index contributed by atoms with van der Waals surface area (Å²) in [5.74, 6) is 0. The molecule has 3 atom stereocenters. The maximum atomic E-state index is 5.55. The van der Waals surface area contributed by atoms with E-state index in [1.165, 1.54) is 31.2 Å². The van der Waals surface area contributed by atoms with Crippen molar-refractivity contribution in [1.82, 2.24) is 10.2 Å². The van der Waals surface area contributed by atoms with E-state index in [4.69, 9.17) is 4.74 Å². The Bertz CT molecular complexity index is 479. The molecule has 3 unspecified atom stereocenters. The summed E-state index contributed by atoms with van der Waals surface area (Å²) in [6, 6.07) is 12.2. The third-order valence-corrected chi connectivity index (χ3v) is 7.19. The molecule has 3 aliphatic heterocycles. The van der Waals surface area contributed by atoms with Gasteiger partial charge in [-0.2, -0.15) is 11.8 Å². The molecule has 0 amide bonds. The van der Waals surface area contributed by atoms with Crippen LogP contribution in [0.5, 0.6) is 0 Å². The molecule has 4 heteroatoms. The van der Waals surface area contributed by atoms with Gasteiger partial charge in [-0.15, -0.1) is 0 Å². The first-order chi connectivity index (χ1) is 11.4. The van der Waals surface area contributed by atoms with Crippen molar-refractivity contribution >= 4 is 11.8 Å². The van der Waals surface area contributed by atoms with Gasteiger partial charge in [0.2, 0.25) is 0 Å². The summed E-state index contributed by atoms with van der Waals surface area (Å²) in [7, 11) is 0. The topological polar surface area (TPSA) is 24.5 Å². The number of ether oxygens (including phenoxy) is 1. The quantitative estimate of drug-likeness (QED) is 0.896. The highest BCUT2D eigenvalue weighted by molar-refractivity contribution is 8.00. The number of nitrogens with one attached hydrogen (secondary N) is 1. The number of hydrogen-bond donors (Lipinski definition) is 1. The fourth-order valence-corrected chi connectivity index (χ4v) is 6.10.